The van der Waals surface area contributed by atoms with Crippen LogP contribution in [-0.2, 0) is 9.59 Å². The zero-order chi connectivity index (χ0) is 19.7. The van der Waals surface area contributed by atoms with E-state index in [1.807, 2.05) is 37.3 Å². The highest BCUT2D eigenvalue weighted by molar-refractivity contribution is 8.00. The van der Waals surface area contributed by atoms with Crippen LogP contribution in [0.3, 0.4) is 0 Å². The number of rotatable bonds is 3. The molecule has 7 heteroatoms. The molecule has 2 heterocycles. The molecule has 0 bridgehead atoms. The van der Waals surface area contributed by atoms with E-state index < -0.39 is 0 Å². The first-order valence-corrected chi connectivity index (χ1v) is 9.67. The van der Waals surface area contributed by atoms with Gasteiger partial charge in [-0.05, 0) is 37.3 Å². The number of hydrogen-bond acceptors (Lipinski definition) is 5. The van der Waals surface area contributed by atoms with E-state index >= 15 is 0 Å². The van der Waals surface area contributed by atoms with Gasteiger partial charge >= 0.3 is 0 Å². The van der Waals surface area contributed by atoms with Gasteiger partial charge in [-0.1, -0.05) is 35.5 Å². The van der Waals surface area contributed by atoms with E-state index in [0.29, 0.717) is 22.0 Å². The first kappa shape index (κ1) is 18.0. The lowest BCUT2D eigenvalue weighted by atomic mass is 10.1. The van der Waals surface area contributed by atoms with Gasteiger partial charge in [-0.15, -0.1) is 0 Å². The maximum absolute atomic E-state index is 12.8. The zero-order valence-corrected chi connectivity index (χ0v) is 15.9. The van der Waals surface area contributed by atoms with Gasteiger partial charge in [-0.2, -0.15) is 5.26 Å². The minimum absolute atomic E-state index is 0.0219. The third-order valence-electron chi connectivity index (χ3n) is 4.46. The second-order valence-corrected chi connectivity index (χ2v) is 7.45. The second kappa shape index (κ2) is 7.33. The minimum atomic E-state index is -0.228. The molecule has 0 aliphatic carbocycles. The summed E-state index contributed by atoms with van der Waals surface area (Å²) in [4.78, 5) is 30.7. The van der Waals surface area contributed by atoms with E-state index in [4.69, 9.17) is 0 Å². The van der Waals surface area contributed by atoms with Crippen molar-refractivity contribution < 1.29 is 9.59 Å². The number of thioether (sulfide) groups is 1. The Labute approximate surface area is 166 Å². The van der Waals surface area contributed by atoms with Crippen molar-refractivity contribution >= 4 is 45.9 Å². The molecule has 0 fully saturated rings. The summed E-state index contributed by atoms with van der Waals surface area (Å²) in [5.41, 5.74) is 3.61. The smallest absolute Gasteiger partial charge is 0.244 e. The third kappa shape index (κ3) is 3.42. The van der Waals surface area contributed by atoms with Gasteiger partial charge in [-0.25, -0.2) is 4.98 Å². The number of amides is 2. The molecule has 28 heavy (non-hydrogen) atoms. The standard InChI is InChI=1S/C21H16N4O2S/c1-13-6-7-16-14(8-13)9-15(10-22)21(24-16)28-12-20(27)25-11-19(26)23-17-4-2-3-5-18(17)25/h2-9H,11-12H2,1H3,(H,23,26). The fourth-order valence-corrected chi connectivity index (χ4v) is 3.97. The topological polar surface area (TPSA) is 86.1 Å². The van der Waals surface area contributed by atoms with Crippen LogP contribution in [0.4, 0.5) is 11.4 Å². The Kier molecular flexibility index (Phi) is 4.72. The summed E-state index contributed by atoms with van der Waals surface area (Å²) in [5, 5.41) is 13.7. The number of nitriles is 1. The normalized spacial score (nSPS) is 13.0. The first-order valence-electron chi connectivity index (χ1n) is 8.69. The van der Waals surface area contributed by atoms with Gasteiger partial charge in [0.1, 0.15) is 17.6 Å². The maximum atomic E-state index is 12.8. The summed E-state index contributed by atoms with van der Waals surface area (Å²) in [5.74, 6) is -0.350. The van der Waals surface area contributed by atoms with Gasteiger partial charge in [0.15, 0.2) is 0 Å². The Morgan fingerprint density at radius 1 is 1.29 bits per heavy atom. The van der Waals surface area contributed by atoms with Crippen LogP contribution in [0.1, 0.15) is 11.1 Å². The quantitative estimate of drug-likeness (QED) is 0.694. The lowest BCUT2D eigenvalue weighted by Gasteiger charge is -2.29. The number of nitrogens with one attached hydrogen (secondary N) is 1. The van der Waals surface area contributed by atoms with Crippen LogP contribution in [0.25, 0.3) is 10.9 Å². The number of carbonyl (C=O) groups excluding carboxylic acids is 2. The molecule has 0 spiro atoms. The fraction of sp³-hybridized carbons (Fsp3) is 0.143. The number of nitrogens with zero attached hydrogens (tertiary/aromatic N) is 3. The molecule has 2 amide bonds. The van der Waals surface area contributed by atoms with Crippen molar-refractivity contribution in [1.29, 1.82) is 5.26 Å². The number of benzene rings is 2. The number of fused-ring (bicyclic) bond motifs is 2. The summed E-state index contributed by atoms with van der Waals surface area (Å²) >= 11 is 1.21. The van der Waals surface area contributed by atoms with Crippen molar-refractivity contribution in [1.82, 2.24) is 4.98 Å². The number of para-hydroxylation sites is 2. The Morgan fingerprint density at radius 3 is 2.93 bits per heavy atom. The molecule has 1 N–H and O–H groups in total. The molecule has 0 atom stereocenters. The lowest BCUT2D eigenvalue weighted by Crippen LogP contribution is -2.43. The van der Waals surface area contributed by atoms with Crippen molar-refractivity contribution in [3.63, 3.8) is 0 Å². The molecule has 2 aromatic carbocycles. The second-order valence-electron chi connectivity index (χ2n) is 6.48. The number of pyridine rings is 1. The number of aryl methyl sites for hydroxylation is 1. The summed E-state index contributed by atoms with van der Waals surface area (Å²) in [7, 11) is 0. The van der Waals surface area contributed by atoms with Gasteiger partial charge < -0.3 is 10.2 Å². The van der Waals surface area contributed by atoms with Crippen LogP contribution < -0.4 is 10.2 Å². The van der Waals surface area contributed by atoms with E-state index in [0.717, 1.165) is 16.5 Å². The van der Waals surface area contributed by atoms with Crippen molar-refractivity contribution in [3.05, 3.63) is 59.7 Å². The van der Waals surface area contributed by atoms with Crippen LogP contribution in [0.2, 0.25) is 0 Å². The summed E-state index contributed by atoms with van der Waals surface area (Å²) in [6.45, 7) is 1.96. The Hall–Kier alpha value is -3.37. The van der Waals surface area contributed by atoms with E-state index in [9.17, 15) is 14.9 Å². The molecular formula is C21H16N4O2S. The van der Waals surface area contributed by atoms with Crippen molar-refractivity contribution in [2.24, 2.45) is 0 Å². The minimum Gasteiger partial charge on any atom is -0.323 e. The summed E-state index contributed by atoms with van der Waals surface area (Å²) in [6.07, 6.45) is 0. The Balaban J connectivity index is 1.58. The lowest BCUT2D eigenvalue weighted by molar-refractivity contribution is -0.120. The largest absolute Gasteiger partial charge is 0.323 e. The molecule has 3 aromatic rings. The predicted molar refractivity (Wildman–Crippen MR) is 109 cm³/mol. The van der Waals surface area contributed by atoms with Gasteiger partial charge in [-0.3, -0.25) is 9.59 Å². The van der Waals surface area contributed by atoms with Crippen LogP contribution in [-0.4, -0.2) is 29.1 Å². The summed E-state index contributed by atoms with van der Waals surface area (Å²) in [6, 6.07) is 17.0. The fourth-order valence-electron chi connectivity index (χ4n) is 3.13. The molecule has 0 saturated carbocycles. The third-order valence-corrected chi connectivity index (χ3v) is 5.44. The predicted octanol–water partition coefficient (Wildman–Crippen LogP) is 3.49. The van der Waals surface area contributed by atoms with Crippen LogP contribution in [0.15, 0.2) is 53.6 Å². The molecule has 0 unspecified atom stereocenters. The molecule has 6 nitrogen and oxygen atoms in total. The molecule has 1 aliphatic heterocycles. The average molecular weight is 388 g/mol. The number of carbonyl (C=O) groups is 2. The van der Waals surface area contributed by atoms with E-state index in [1.165, 1.54) is 16.7 Å². The van der Waals surface area contributed by atoms with Gasteiger partial charge in [0.2, 0.25) is 11.8 Å². The Bertz CT molecular complexity index is 1150. The van der Waals surface area contributed by atoms with Gasteiger partial charge in [0.05, 0.1) is 28.2 Å². The molecule has 1 aliphatic rings. The van der Waals surface area contributed by atoms with Crippen LogP contribution in [0, 0.1) is 18.3 Å². The molecule has 0 saturated heterocycles. The monoisotopic (exact) mass is 388 g/mol. The van der Waals surface area contributed by atoms with Crippen LogP contribution >= 0.6 is 11.8 Å². The highest BCUT2D eigenvalue weighted by atomic mass is 32.2. The molecule has 138 valence electrons. The van der Waals surface area contributed by atoms with E-state index in [-0.39, 0.29) is 24.1 Å². The number of hydrogen-bond donors (Lipinski definition) is 1. The molecule has 1 aromatic heterocycles. The maximum Gasteiger partial charge on any atom is 0.244 e. The van der Waals surface area contributed by atoms with Gasteiger partial charge in [0.25, 0.3) is 0 Å². The number of anilines is 2. The molecule has 4 rings (SSSR count). The average Bonchev–Trinajstić information content (AvgIpc) is 2.70. The zero-order valence-electron chi connectivity index (χ0n) is 15.1. The number of aromatic nitrogens is 1. The highest BCUT2D eigenvalue weighted by Gasteiger charge is 2.26. The highest BCUT2D eigenvalue weighted by Crippen LogP contribution is 2.31. The van der Waals surface area contributed by atoms with Crippen molar-refractivity contribution in [2.45, 2.75) is 11.9 Å². The van der Waals surface area contributed by atoms with E-state index in [1.54, 1.807) is 18.2 Å². The van der Waals surface area contributed by atoms with Crippen LogP contribution in [0.5, 0.6) is 0 Å². The summed E-state index contributed by atoms with van der Waals surface area (Å²) < 4.78 is 0. The molecule has 0 radical (unpaired) electrons. The van der Waals surface area contributed by atoms with Crippen molar-refractivity contribution in [2.75, 3.05) is 22.5 Å². The first-order chi connectivity index (χ1) is 13.5. The SMILES string of the molecule is Cc1ccc2nc(SCC(=O)N3CC(=O)Nc4ccccc43)c(C#N)cc2c1. The van der Waals surface area contributed by atoms with Crippen molar-refractivity contribution in [3.8, 4) is 6.07 Å². The van der Waals surface area contributed by atoms with E-state index in [2.05, 4.69) is 16.4 Å². The molecular weight excluding hydrogens is 372 g/mol. The Morgan fingerprint density at radius 2 is 2.11 bits per heavy atom. The van der Waals surface area contributed by atoms with Gasteiger partial charge in [0, 0.05) is 5.39 Å².